The second kappa shape index (κ2) is 10.3. The van der Waals surface area contributed by atoms with Crippen LogP contribution in [-0.4, -0.2) is 50.8 Å². The number of aryl methyl sites for hydroxylation is 1. The molecule has 1 saturated heterocycles. The van der Waals surface area contributed by atoms with Crippen LogP contribution in [0.4, 0.5) is 13.2 Å². The van der Waals surface area contributed by atoms with Crippen LogP contribution in [-0.2, 0) is 32.2 Å². The molecule has 0 bridgehead atoms. The SMILES string of the molecule is O=C(CCc1ccc(S(=O)(=O)N2CCOCC2)cc1)NNC(=O)c1cccc(C(F)(F)F)c1. The molecule has 1 aliphatic heterocycles. The zero-order valence-electron chi connectivity index (χ0n) is 17.4. The molecule has 1 heterocycles. The molecule has 0 radical (unpaired) electrons. The number of hydrazine groups is 1. The van der Waals surface area contributed by atoms with E-state index in [1.165, 1.54) is 22.5 Å². The second-order valence-corrected chi connectivity index (χ2v) is 9.18. The first-order valence-corrected chi connectivity index (χ1v) is 11.4. The predicted molar refractivity (Wildman–Crippen MR) is 111 cm³/mol. The van der Waals surface area contributed by atoms with E-state index in [1.54, 1.807) is 12.1 Å². The number of rotatable bonds is 6. The lowest BCUT2D eigenvalue weighted by molar-refractivity contribution is -0.137. The molecule has 0 atom stereocenters. The summed E-state index contributed by atoms with van der Waals surface area (Å²) in [4.78, 5) is 24.1. The van der Waals surface area contributed by atoms with Crippen LogP contribution in [0.1, 0.15) is 27.9 Å². The number of nitrogens with one attached hydrogen (secondary N) is 2. The summed E-state index contributed by atoms with van der Waals surface area (Å²) in [6.45, 7) is 1.26. The summed E-state index contributed by atoms with van der Waals surface area (Å²) < 4.78 is 70.0. The predicted octanol–water partition coefficient (Wildman–Crippen LogP) is 2.12. The van der Waals surface area contributed by atoms with E-state index < -0.39 is 33.6 Å². The Morgan fingerprint density at radius 3 is 2.30 bits per heavy atom. The highest BCUT2D eigenvalue weighted by atomic mass is 32.2. The molecule has 12 heteroatoms. The number of alkyl halides is 3. The first-order chi connectivity index (χ1) is 15.6. The fourth-order valence-corrected chi connectivity index (χ4v) is 4.53. The van der Waals surface area contributed by atoms with E-state index in [9.17, 15) is 31.2 Å². The van der Waals surface area contributed by atoms with Crippen molar-refractivity contribution in [1.82, 2.24) is 15.2 Å². The highest BCUT2D eigenvalue weighted by Crippen LogP contribution is 2.29. The van der Waals surface area contributed by atoms with Crippen molar-refractivity contribution in [3.05, 3.63) is 65.2 Å². The van der Waals surface area contributed by atoms with E-state index in [1.807, 2.05) is 0 Å². The lowest BCUT2D eigenvalue weighted by atomic mass is 10.1. The van der Waals surface area contributed by atoms with Crippen molar-refractivity contribution in [2.45, 2.75) is 23.9 Å². The minimum Gasteiger partial charge on any atom is -0.379 e. The Kier molecular flexibility index (Phi) is 7.72. The molecule has 1 fully saturated rings. The number of benzene rings is 2. The molecule has 1 aliphatic rings. The highest BCUT2D eigenvalue weighted by molar-refractivity contribution is 7.89. The molecule has 0 spiro atoms. The van der Waals surface area contributed by atoms with Crippen LogP contribution in [0.15, 0.2) is 53.4 Å². The lowest BCUT2D eigenvalue weighted by Gasteiger charge is -2.26. The molecule has 0 aromatic heterocycles. The van der Waals surface area contributed by atoms with Gasteiger partial charge in [-0.15, -0.1) is 0 Å². The van der Waals surface area contributed by atoms with Gasteiger partial charge >= 0.3 is 6.18 Å². The third kappa shape index (κ3) is 6.53. The number of morpholine rings is 1. The molecule has 178 valence electrons. The Bertz CT molecular complexity index is 1100. The summed E-state index contributed by atoms with van der Waals surface area (Å²) in [6.07, 6.45) is -4.35. The Labute approximate surface area is 188 Å². The average Bonchev–Trinajstić information content (AvgIpc) is 2.81. The molecule has 33 heavy (non-hydrogen) atoms. The van der Waals surface area contributed by atoms with E-state index in [0.29, 0.717) is 24.8 Å². The quantitative estimate of drug-likeness (QED) is 0.610. The minimum atomic E-state index is -4.59. The van der Waals surface area contributed by atoms with E-state index in [0.717, 1.165) is 12.1 Å². The number of hydrogen-bond donors (Lipinski definition) is 2. The Balaban J connectivity index is 1.49. The van der Waals surface area contributed by atoms with Crippen molar-refractivity contribution in [1.29, 1.82) is 0 Å². The second-order valence-electron chi connectivity index (χ2n) is 7.24. The van der Waals surface area contributed by atoms with Gasteiger partial charge in [0.05, 0.1) is 23.7 Å². The average molecular weight is 485 g/mol. The van der Waals surface area contributed by atoms with Gasteiger partial charge in [-0.3, -0.25) is 20.4 Å². The van der Waals surface area contributed by atoms with Crippen LogP contribution >= 0.6 is 0 Å². The molecular weight excluding hydrogens is 463 g/mol. The summed E-state index contributed by atoms with van der Waals surface area (Å²) in [5.41, 5.74) is 3.72. The molecule has 8 nitrogen and oxygen atoms in total. The zero-order chi connectivity index (χ0) is 24.1. The van der Waals surface area contributed by atoms with Crippen LogP contribution in [0, 0.1) is 0 Å². The van der Waals surface area contributed by atoms with Gasteiger partial charge in [-0.2, -0.15) is 17.5 Å². The Hall–Kier alpha value is -2.96. The molecule has 0 unspecified atom stereocenters. The van der Waals surface area contributed by atoms with Crippen LogP contribution in [0.5, 0.6) is 0 Å². The van der Waals surface area contributed by atoms with Gasteiger partial charge in [-0.25, -0.2) is 8.42 Å². The van der Waals surface area contributed by atoms with E-state index in [2.05, 4.69) is 10.9 Å². The number of halogens is 3. The smallest absolute Gasteiger partial charge is 0.379 e. The summed E-state index contributed by atoms with van der Waals surface area (Å²) in [7, 11) is -3.61. The van der Waals surface area contributed by atoms with Gasteiger partial charge in [0, 0.05) is 25.1 Å². The van der Waals surface area contributed by atoms with E-state index in [-0.39, 0.29) is 36.4 Å². The Morgan fingerprint density at radius 2 is 1.67 bits per heavy atom. The molecule has 2 aromatic rings. The number of carbonyl (C=O) groups is 2. The number of hydrogen-bond acceptors (Lipinski definition) is 5. The molecule has 2 amide bonds. The van der Waals surface area contributed by atoms with Gasteiger partial charge in [0.15, 0.2) is 0 Å². The fourth-order valence-electron chi connectivity index (χ4n) is 3.12. The maximum atomic E-state index is 12.7. The molecule has 0 aliphatic carbocycles. The highest BCUT2D eigenvalue weighted by Gasteiger charge is 2.31. The monoisotopic (exact) mass is 485 g/mol. The molecule has 3 rings (SSSR count). The first-order valence-electron chi connectivity index (χ1n) is 10.0. The van der Waals surface area contributed by atoms with Crippen LogP contribution < -0.4 is 10.9 Å². The summed E-state index contributed by atoms with van der Waals surface area (Å²) >= 11 is 0. The first kappa shape index (κ1) is 24.7. The topological polar surface area (TPSA) is 105 Å². The van der Waals surface area contributed by atoms with E-state index in [4.69, 9.17) is 4.74 Å². The summed E-state index contributed by atoms with van der Waals surface area (Å²) in [5, 5.41) is 0. The third-order valence-corrected chi connectivity index (χ3v) is 6.85. The number of sulfonamides is 1. The van der Waals surface area contributed by atoms with Gasteiger partial charge < -0.3 is 4.74 Å². The third-order valence-electron chi connectivity index (χ3n) is 4.94. The van der Waals surface area contributed by atoms with Crippen LogP contribution in [0.25, 0.3) is 0 Å². The lowest BCUT2D eigenvalue weighted by Crippen LogP contribution is -2.41. The molecule has 2 aromatic carbocycles. The number of ether oxygens (including phenoxy) is 1. The molecule has 0 saturated carbocycles. The number of nitrogens with zero attached hydrogens (tertiary/aromatic N) is 1. The maximum absolute atomic E-state index is 12.7. The molecular formula is C21H22F3N3O5S. The van der Waals surface area contributed by atoms with Crippen molar-refractivity contribution in [2.75, 3.05) is 26.3 Å². The Morgan fingerprint density at radius 1 is 1.00 bits per heavy atom. The molecule has 2 N–H and O–H groups in total. The summed E-state index contributed by atoms with van der Waals surface area (Å²) in [6, 6.07) is 9.96. The number of amides is 2. The van der Waals surface area contributed by atoms with Crippen LogP contribution in [0.3, 0.4) is 0 Å². The van der Waals surface area contributed by atoms with Crippen molar-refractivity contribution < 1.29 is 35.9 Å². The van der Waals surface area contributed by atoms with Gasteiger partial charge in [-0.1, -0.05) is 18.2 Å². The van der Waals surface area contributed by atoms with Gasteiger partial charge in [-0.05, 0) is 42.3 Å². The summed E-state index contributed by atoms with van der Waals surface area (Å²) in [5.74, 6) is -1.44. The minimum absolute atomic E-state index is 0.0293. The fraction of sp³-hybridized carbons (Fsp3) is 0.333. The van der Waals surface area contributed by atoms with Gasteiger partial charge in [0.25, 0.3) is 5.91 Å². The zero-order valence-corrected chi connectivity index (χ0v) is 18.2. The maximum Gasteiger partial charge on any atom is 0.416 e. The largest absolute Gasteiger partial charge is 0.416 e. The van der Waals surface area contributed by atoms with Crippen molar-refractivity contribution in [3.8, 4) is 0 Å². The van der Waals surface area contributed by atoms with Crippen molar-refractivity contribution >= 4 is 21.8 Å². The van der Waals surface area contributed by atoms with Crippen molar-refractivity contribution in [3.63, 3.8) is 0 Å². The normalized spacial score (nSPS) is 15.1. The van der Waals surface area contributed by atoms with E-state index >= 15 is 0 Å². The van der Waals surface area contributed by atoms with Crippen molar-refractivity contribution in [2.24, 2.45) is 0 Å². The van der Waals surface area contributed by atoms with Crippen LogP contribution in [0.2, 0.25) is 0 Å². The standard InChI is InChI=1S/C21H22F3N3O5S/c22-21(23,24)17-3-1-2-16(14-17)20(29)26-25-19(28)9-6-15-4-7-18(8-5-15)33(30,31)27-10-12-32-13-11-27/h1-5,7-8,14H,6,9-13H2,(H,25,28)(H,26,29). The number of carbonyl (C=O) groups excluding carboxylic acids is 2. The van der Waals surface area contributed by atoms with Gasteiger partial charge in [0.2, 0.25) is 15.9 Å². The van der Waals surface area contributed by atoms with Gasteiger partial charge in [0.1, 0.15) is 0 Å².